The lowest BCUT2D eigenvalue weighted by Gasteiger charge is -2.19. The van der Waals surface area contributed by atoms with Crippen LogP contribution >= 0.6 is 12.2 Å². The Bertz CT molecular complexity index is 390. The van der Waals surface area contributed by atoms with Gasteiger partial charge in [-0.1, -0.05) is 30.4 Å². The molecule has 0 unspecified atom stereocenters. The number of hydrogen-bond donors (Lipinski definition) is 1. The second kappa shape index (κ2) is 4.89. The molecule has 0 heterocycles. The molecule has 0 saturated heterocycles. The van der Waals surface area contributed by atoms with Gasteiger partial charge < -0.3 is 10.6 Å². The number of carbonyl (C=O) groups is 1. The van der Waals surface area contributed by atoms with Crippen LogP contribution in [0.1, 0.15) is 12.0 Å². The van der Waals surface area contributed by atoms with Gasteiger partial charge in [-0.2, -0.15) is 0 Å². The molecule has 0 bridgehead atoms. The third kappa shape index (κ3) is 3.02. The fourth-order valence-electron chi connectivity index (χ4n) is 1.34. The molecule has 0 aromatic heterocycles. The van der Waals surface area contributed by atoms with Crippen LogP contribution in [-0.4, -0.2) is 17.9 Å². The van der Waals surface area contributed by atoms with E-state index in [0.29, 0.717) is 0 Å². The highest BCUT2D eigenvalue weighted by Gasteiger charge is 2.12. The zero-order chi connectivity index (χ0) is 11.4. The van der Waals surface area contributed by atoms with Crippen molar-refractivity contribution in [2.24, 2.45) is 5.73 Å². The lowest BCUT2D eigenvalue weighted by molar-refractivity contribution is -0.117. The molecule has 80 valence electrons. The van der Waals surface area contributed by atoms with Crippen molar-refractivity contribution in [3.05, 3.63) is 29.8 Å². The normalized spacial score (nSPS) is 9.73. The second-order valence-corrected chi connectivity index (χ2v) is 3.91. The van der Waals surface area contributed by atoms with Crippen LogP contribution in [0.2, 0.25) is 0 Å². The highest BCUT2D eigenvalue weighted by atomic mass is 32.1. The van der Waals surface area contributed by atoms with Crippen LogP contribution in [0.4, 0.5) is 5.69 Å². The quantitative estimate of drug-likeness (QED) is 0.791. The minimum absolute atomic E-state index is 0.0863. The fraction of sp³-hybridized carbons (Fsp3) is 0.273. The number of thiocarbonyl (C=S) groups is 1. The molecule has 0 aliphatic carbocycles. The molecule has 0 atom stereocenters. The van der Waals surface area contributed by atoms with E-state index in [4.69, 9.17) is 18.0 Å². The lowest BCUT2D eigenvalue weighted by atomic mass is 10.2. The monoisotopic (exact) mass is 222 g/mol. The lowest BCUT2D eigenvalue weighted by Crippen LogP contribution is -2.30. The van der Waals surface area contributed by atoms with Gasteiger partial charge in [0.1, 0.15) is 0 Å². The molecule has 3 nitrogen and oxygen atoms in total. The van der Waals surface area contributed by atoms with Crippen LogP contribution in [0.25, 0.3) is 0 Å². The van der Waals surface area contributed by atoms with E-state index in [1.54, 1.807) is 11.9 Å². The molecule has 1 aromatic carbocycles. The SMILES string of the molecule is Cc1ccccc1N(C)C(=O)CC(N)=S. The zero-order valence-corrected chi connectivity index (χ0v) is 9.67. The average Bonchev–Trinajstić information content (AvgIpc) is 2.16. The third-order valence-corrected chi connectivity index (χ3v) is 2.32. The van der Waals surface area contributed by atoms with Crippen molar-refractivity contribution in [1.82, 2.24) is 0 Å². The Morgan fingerprint density at radius 3 is 2.60 bits per heavy atom. The number of nitrogens with two attached hydrogens (primary N) is 1. The van der Waals surface area contributed by atoms with Gasteiger partial charge in [-0.05, 0) is 18.6 Å². The first-order valence-corrected chi connectivity index (χ1v) is 5.03. The summed E-state index contributed by atoms with van der Waals surface area (Å²) in [6.45, 7) is 1.96. The van der Waals surface area contributed by atoms with Gasteiger partial charge in [0.25, 0.3) is 0 Å². The molecular formula is C11H14N2OS. The average molecular weight is 222 g/mol. The minimum atomic E-state index is -0.0863. The number of carbonyl (C=O) groups excluding carboxylic acids is 1. The maximum atomic E-state index is 11.7. The van der Waals surface area contributed by atoms with E-state index in [2.05, 4.69) is 0 Å². The van der Waals surface area contributed by atoms with Gasteiger partial charge in [-0.25, -0.2) is 0 Å². The molecular weight excluding hydrogens is 208 g/mol. The number of amides is 1. The maximum absolute atomic E-state index is 11.7. The van der Waals surface area contributed by atoms with Gasteiger partial charge in [0, 0.05) is 12.7 Å². The minimum Gasteiger partial charge on any atom is -0.393 e. The Kier molecular flexibility index (Phi) is 3.80. The van der Waals surface area contributed by atoms with E-state index in [-0.39, 0.29) is 17.3 Å². The summed E-state index contributed by atoms with van der Waals surface area (Å²) >= 11 is 4.70. The molecule has 0 saturated carbocycles. The van der Waals surface area contributed by atoms with E-state index < -0.39 is 0 Å². The molecule has 1 rings (SSSR count). The molecule has 0 aliphatic rings. The van der Waals surface area contributed by atoms with Crippen molar-refractivity contribution in [3.8, 4) is 0 Å². The third-order valence-electron chi connectivity index (χ3n) is 2.18. The van der Waals surface area contributed by atoms with Crippen LogP contribution in [0.3, 0.4) is 0 Å². The van der Waals surface area contributed by atoms with E-state index in [9.17, 15) is 4.79 Å². The molecule has 1 aromatic rings. The largest absolute Gasteiger partial charge is 0.393 e. The van der Waals surface area contributed by atoms with E-state index in [0.717, 1.165) is 11.3 Å². The number of benzene rings is 1. The molecule has 2 N–H and O–H groups in total. The predicted octanol–water partition coefficient (Wildman–Crippen LogP) is 1.63. The highest BCUT2D eigenvalue weighted by molar-refractivity contribution is 7.80. The fourth-order valence-corrected chi connectivity index (χ4v) is 1.47. The Balaban J connectivity index is 2.85. The summed E-state index contributed by atoms with van der Waals surface area (Å²) in [4.78, 5) is 13.5. The first kappa shape index (κ1) is 11.7. The van der Waals surface area contributed by atoms with Crippen LogP contribution in [0.5, 0.6) is 0 Å². The van der Waals surface area contributed by atoms with Crippen LogP contribution in [-0.2, 0) is 4.79 Å². The summed E-state index contributed by atoms with van der Waals surface area (Å²) in [5, 5.41) is 0. The van der Waals surface area contributed by atoms with Crippen molar-refractivity contribution in [3.63, 3.8) is 0 Å². The van der Waals surface area contributed by atoms with E-state index in [1.807, 2.05) is 31.2 Å². The summed E-state index contributed by atoms with van der Waals surface area (Å²) in [5.41, 5.74) is 7.27. The van der Waals surface area contributed by atoms with Gasteiger partial charge in [-0.15, -0.1) is 0 Å². The zero-order valence-electron chi connectivity index (χ0n) is 8.86. The Hall–Kier alpha value is -1.42. The Morgan fingerprint density at radius 1 is 1.47 bits per heavy atom. The van der Waals surface area contributed by atoms with Crippen molar-refractivity contribution in [2.75, 3.05) is 11.9 Å². The van der Waals surface area contributed by atoms with Crippen molar-refractivity contribution >= 4 is 28.8 Å². The van der Waals surface area contributed by atoms with E-state index in [1.165, 1.54) is 0 Å². The molecule has 0 spiro atoms. The topological polar surface area (TPSA) is 46.3 Å². The predicted molar refractivity (Wildman–Crippen MR) is 66.0 cm³/mol. The molecule has 1 amide bonds. The number of rotatable bonds is 3. The second-order valence-electron chi connectivity index (χ2n) is 3.38. The van der Waals surface area contributed by atoms with Crippen molar-refractivity contribution in [2.45, 2.75) is 13.3 Å². The first-order chi connectivity index (χ1) is 7.02. The molecule has 0 aliphatic heterocycles. The standard InChI is InChI=1S/C11H14N2OS/c1-8-5-3-4-6-9(8)13(2)11(14)7-10(12)15/h3-6H,7H2,1-2H3,(H2,12,15). The van der Waals surface area contributed by atoms with Gasteiger partial charge in [-0.3, -0.25) is 4.79 Å². The van der Waals surface area contributed by atoms with Crippen molar-refractivity contribution in [1.29, 1.82) is 0 Å². The number of anilines is 1. The number of aryl methyl sites for hydroxylation is 1. The Labute approximate surface area is 94.9 Å². The molecule has 0 fully saturated rings. The van der Waals surface area contributed by atoms with Gasteiger partial charge in [0.05, 0.1) is 11.4 Å². The highest BCUT2D eigenvalue weighted by Crippen LogP contribution is 2.18. The van der Waals surface area contributed by atoms with E-state index >= 15 is 0 Å². The Morgan fingerprint density at radius 2 is 2.07 bits per heavy atom. The number of nitrogens with zero attached hydrogens (tertiary/aromatic N) is 1. The summed E-state index contributed by atoms with van der Waals surface area (Å²) in [5.74, 6) is -0.0863. The van der Waals surface area contributed by atoms with Gasteiger partial charge in [0.2, 0.25) is 5.91 Å². The maximum Gasteiger partial charge on any atom is 0.233 e. The van der Waals surface area contributed by atoms with Crippen LogP contribution in [0, 0.1) is 6.92 Å². The summed E-state index contributed by atoms with van der Waals surface area (Å²) in [6.07, 6.45) is 0.111. The molecule has 0 radical (unpaired) electrons. The first-order valence-electron chi connectivity index (χ1n) is 4.63. The number of hydrogen-bond acceptors (Lipinski definition) is 2. The van der Waals surface area contributed by atoms with Gasteiger partial charge >= 0.3 is 0 Å². The van der Waals surface area contributed by atoms with Crippen LogP contribution in [0.15, 0.2) is 24.3 Å². The summed E-state index contributed by atoms with van der Waals surface area (Å²) < 4.78 is 0. The smallest absolute Gasteiger partial charge is 0.233 e. The molecule has 4 heteroatoms. The summed E-state index contributed by atoms with van der Waals surface area (Å²) in [7, 11) is 1.73. The van der Waals surface area contributed by atoms with Gasteiger partial charge in [0.15, 0.2) is 0 Å². The summed E-state index contributed by atoms with van der Waals surface area (Å²) in [6, 6.07) is 7.68. The number of para-hydroxylation sites is 1. The molecule has 15 heavy (non-hydrogen) atoms. The van der Waals surface area contributed by atoms with Crippen molar-refractivity contribution < 1.29 is 4.79 Å². The van der Waals surface area contributed by atoms with Crippen LogP contribution < -0.4 is 10.6 Å².